The summed E-state index contributed by atoms with van der Waals surface area (Å²) in [5.74, 6) is 0.752. The lowest BCUT2D eigenvalue weighted by molar-refractivity contribution is 0.102. The third-order valence-corrected chi connectivity index (χ3v) is 4.83. The van der Waals surface area contributed by atoms with Crippen molar-refractivity contribution in [2.45, 2.75) is 6.61 Å². The average Bonchev–Trinajstić information content (AvgIpc) is 3.21. The van der Waals surface area contributed by atoms with Gasteiger partial charge in [-0.15, -0.1) is 0 Å². The molecule has 0 aliphatic heterocycles. The number of carbonyl (C=O) groups is 1. The van der Waals surface area contributed by atoms with Crippen LogP contribution in [0.4, 0.5) is 5.69 Å². The Hall–Kier alpha value is -3.51. The maximum atomic E-state index is 12.6. The number of halogens is 1. The van der Waals surface area contributed by atoms with Gasteiger partial charge >= 0.3 is 0 Å². The number of anilines is 1. The minimum Gasteiger partial charge on any atom is -0.493 e. The molecule has 1 amide bonds. The highest BCUT2D eigenvalue weighted by molar-refractivity contribution is 6.31. The number of rotatable bonds is 6. The van der Waals surface area contributed by atoms with Gasteiger partial charge in [-0.05, 0) is 42.5 Å². The van der Waals surface area contributed by atoms with Crippen molar-refractivity contribution < 1.29 is 14.3 Å². The molecule has 1 aromatic heterocycles. The van der Waals surface area contributed by atoms with Gasteiger partial charge in [0, 0.05) is 27.2 Å². The van der Waals surface area contributed by atoms with E-state index in [1.54, 1.807) is 24.4 Å². The Morgan fingerprint density at radius 3 is 2.79 bits per heavy atom. The summed E-state index contributed by atoms with van der Waals surface area (Å²) in [6.07, 6.45) is 1.71. The van der Waals surface area contributed by atoms with Crippen LogP contribution in [0.1, 0.15) is 15.9 Å². The molecule has 1 heterocycles. The second-order valence-electron chi connectivity index (χ2n) is 6.37. The van der Waals surface area contributed by atoms with Crippen LogP contribution in [0.15, 0.2) is 66.9 Å². The van der Waals surface area contributed by atoms with Crippen molar-refractivity contribution in [2.24, 2.45) is 0 Å². The number of hydrogen-bond acceptors (Lipinski definition) is 4. The lowest BCUT2D eigenvalue weighted by Gasteiger charge is -2.13. The Morgan fingerprint density at radius 1 is 1.10 bits per heavy atom. The average molecular weight is 408 g/mol. The molecule has 0 radical (unpaired) electrons. The van der Waals surface area contributed by atoms with Gasteiger partial charge in [-0.2, -0.15) is 5.10 Å². The summed E-state index contributed by atoms with van der Waals surface area (Å²) in [5.41, 5.74) is 2.92. The zero-order valence-corrected chi connectivity index (χ0v) is 16.4. The van der Waals surface area contributed by atoms with Gasteiger partial charge in [-0.1, -0.05) is 29.8 Å². The van der Waals surface area contributed by atoms with E-state index in [4.69, 9.17) is 21.1 Å². The zero-order valence-electron chi connectivity index (χ0n) is 15.6. The number of benzene rings is 3. The summed E-state index contributed by atoms with van der Waals surface area (Å²) in [5, 5.41) is 11.3. The van der Waals surface area contributed by atoms with Crippen LogP contribution in [0.5, 0.6) is 11.5 Å². The van der Waals surface area contributed by atoms with Crippen LogP contribution in [0.3, 0.4) is 0 Å². The summed E-state index contributed by atoms with van der Waals surface area (Å²) in [6.45, 7) is 0.298. The molecule has 0 aliphatic rings. The highest BCUT2D eigenvalue weighted by Crippen LogP contribution is 2.30. The van der Waals surface area contributed by atoms with E-state index >= 15 is 0 Å². The van der Waals surface area contributed by atoms with Crippen molar-refractivity contribution in [2.75, 3.05) is 12.4 Å². The summed E-state index contributed by atoms with van der Waals surface area (Å²) < 4.78 is 11.2. The van der Waals surface area contributed by atoms with Gasteiger partial charge < -0.3 is 14.8 Å². The van der Waals surface area contributed by atoms with E-state index < -0.39 is 0 Å². The molecule has 0 atom stereocenters. The Morgan fingerprint density at radius 2 is 1.97 bits per heavy atom. The topological polar surface area (TPSA) is 76.2 Å². The number of aromatic amines is 1. The first-order valence-electron chi connectivity index (χ1n) is 8.93. The molecule has 0 aliphatic carbocycles. The number of nitrogens with zero attached hydrogens (tertiary/aromatic N) is 1. The Balaban J connectivity index is 1.49. The summed E-state index contributed by atoms with van der Waals surface area (Å²) in [6, 6.07) is 18.1. The third-order valence-electron chi connectivity index (χ3n) is 4.46. The lowest BCUT2D eigenvalue weighted by Crippen LogP contribution is -2.12. The van der Waals surface area contributed by atoms with Crippen LogP contribution in [-0.2, 0) is 6.61 Å². The number of carbonyl (C=O) groups excluding carboxylic acids is 1. The predicted molar refractivity (Wildman–Crippen MR) is 113 cm³/mol. The van der Waals surface area contributed by atoms with Crippen molar-refractivity contribution in [1.29, 1.82) is 0 Å². The van der Waals surface area contributed by atoms with E-state index in [1.807, 2.05) is 42.5 Å². The van der Waals surface area contributed by atoms with E-state index in [-0.39, 0.29) is 5.91 Å². The van der Waals surface area contributed by atoms with Crippen LogP contribution in [0.2, 0.25) is 5.02 Å². The highest BCUT2D eigenvalue weighted by Gasteiger charge is 2.13. The lowest BCUT2D eigenvalue weighted by atomic mass is 10.1. The molecule has 0 bridgehead atoms. The zero-order chi connectivity index (χ0) is 20.2. The van der Waals surface area contributed by atoms with Gasteiger partial charge in [0.15, 0.2) is 11.5 Å². The largest absolute Gasteiger partial charge is 0.493 e. The number of aromatic nitrogens is 2. The SMILES string of the molecule is COc1cc(C(=O)Nc2ccc3[nH]ncc3c2)ccc1OCc1ccccc1Cl. The van der Waals surface area contributed by atoms with Gasteiger partial charge in [0.25, 0.3) is 5.91 Å². The molecule has 7 heteroatoms. The molecule has 4 rings (SSSR count). The molecule has 4 aromatic rings. The molecule has 2 N–H and O–H groups in total. The second kappa shape index (κ2) is 8.24. The molecular weight excluding hydrogens is 390 g/mol. The Kier molecular flexibility index (Phi) is 5.35. The normalized spacial score (nSPS) is 10.7. The minimum absolute atomic E-state index is 0.246. The van der Waals surface area contributed by atoms with Gasteiger partial charge in [0.2, 0.25) is 0 Å². The first kappa shape index (κ1) is 18.8. The van der Waals surface area contributed by atoms with E-state index in [1.165, 1.54) is 7.11 Å². The summed E-state index contributed by atoms with van der Waals surface area (Å²) in [4.78, 5) is 12.6. The maximum Gasteiger partial charge on any atom is 0.255 e. The Bertz CT molecular complexity index is 1170. The van der Waals surface area contributed by atoms with Gasteiger partial charge in [0.1, 0.15) is 6.61 Å². The molecular formula is C22H18ClN3O3. The number of H-pyrrole nitrogens is 1. The second-order valence-corrected chi connectivity index (χ2v) is 6.78. The van der Waals surface area contributed by atoms with E-state index in [0.717, 1.165) is 16.5 Å². The fourth-order valence-electron chi connectivity index (χ4n) is 2.92. The van der Waals surface area contributed by atoms with Gasteiger partial charge in [-0.3, -0.25) is 9.89 Å². The minimum atomic E-state index is -0.246. The predicted octanol–water partition coefficient (Wildman–Crippen LogP) is 5.06. The summed E-state index contributed by atoms with van der Waals surface area (Å²) >= 11 is 6.17. The van der Waals surface area contributed by atoms with Crippen molar-refractivity contribution in [1.82, 2.24) is 10.2 Å². The van der Waals surface area contributed by atoms with Crippen molar-refractivity contribution >= 4 is 34.1 Å². The van der Waals surface area contributed by atoms with Crippen LogP contribution >= 0.6 is 11.6 Å². The van der Waals surface area contributed by atoms with Crippen LogP contribution < -0.4 is 14.8 Å². The van der Waals surface area contributed by atoms with E-state index in [9.17, 15) is 4.79 Å². The number of nitrogens with one attached hydrogen (secondary N) is 2. The van der Waals surface area contributed by atoms with Crippen LogP contribution in [0, 0.1) is 0 Å². The number of ether oxygens (including phenoxy) is 2. The molecule has 3 aromatic carbocycles. The van der Waals surface area contributed by atoms with Crippen LogP contribution in [0.25, 0.3) is 10.9 Å². The number of fused-ring (bicyclic) bond motifs is 1. The molecule has 0 fully saturated rings. The quantitative estimate of drug-likeness (QED) is 0.468. The first-order valence-corrected chi connectivity index (χ1v) is 9.30. The summed E-state index contributed by atoms with van der Waals surface area (Å²) in [7, 11) is 1.53. The number of methoxy groups -OCH3 is 1. The molecule has 0 unspecified atom stereocenters. The van der Waals surface area contributed by atoms with Gasteiger partial charge in [-0.25, -0.2) is 0 Å². The van der Waals surface area contributed by atoms with Crippen molar-refractivity contribution in [3.8, 4) is 11.5 Å². The van der Waals surface area contributed by atoms with Crippen molar-refractivity contribution in [3.05, 3.63) is 83.0 Å². The van der Waals surface area contributed by atoms with Crippen LogP contribution in [-0.4, -0.2) is 23.2 Å². The monoisotopic (exact) mass is 407 g/mol. The molecule has 29 heavy (non-hydrogen) atoms. The molecule has 6 nitrogen and oxygen atoms in total. The van der Waals surface area contributed by atoms with E-state index in [0.29, 0.717) is 34.4 Å². The molecule has 0 saturated carbocycles. The first-order chi connectivity index (χ1) is 14.1. The fourth-order valence-corrected chi connectivity index (χ4v) is 3.11. The molecule has 0 saturated heterocycles. The Labute approximate surface area is 172 Å². The smallest absolute Gasteiger partial charge is 0.255 e. The standard InChI is InChI=1S/C22H18ClN3O3/c1-28-21-11-14(6-9-20(21)29-13-15-4-2-3-5-18(15)23)22(27)25-17-7-8-19-16(10-17)12-24-26-19/h2-12H,13H2,1H3,(H,24,26)(H,25,27). The fraction of sp³-hybridized carbons (Fsp3) is 0.0909. The number of hydrogen-bond donors (Lipinski definition) is 2. The van der Waals surface area contributed by atoms with Crippen molar-refractivity contribution in [3.63, 3.8) is 0 Å². The highest BCUT2D eigenvalue weighted by atomic mass is 35.5. The molecule has 146 valence electrons. The van der Waals surface area contributed by atoms with Gasteiger partial charge in [0.05, 0.1) is 18.8 Å². The molecule has 0 spiro atoms. The maximum absolute atomic E-state index is 12.6. The third kappa shape index (κ3) is 4.17. The number of amides is 1. The van der Waals surface area contributed by atoms with E-state index in [2.05, 4.69) is 15.5 Å².